The van der Waals surface area contributed by atoms with E-state index in [0.29, 0.717) is 0 Å². The van der Waals surface area contributed by atoms with E-state index < -0.39 is 6.23 Å². The Bertz CT molecular complexity index is 170. The van der Waals surface area contributed by atoms with E-state index in [0.717, 1.165) is 19.3 Å². The Labute approximate surface area is 73.2 Å². The molecule has 3 atom stereocenters. The molecule has 0 aromatic carbocycles. The van der Waals surface area contributed by atoms with Crippen LogP contribution in [-0.2, 0) is 4.79 Å². The molecule has 0 bridgehead atoms. The molecule has 1 aliphatic rings. The third-order valence-electron chi connectivity index (χ3n) is 2.64. The molecule has 70 valence electrons. The lowest BCUT2D eigenvalue weighted by Gasteiger charge is -2.15. The summed E-state index contributed by atoms with van der Waals surface area (Å²) in [4.78, 5) is 11.1. The summed E-state index contributed by atoms with van der Waals surface area (Å²) in [5.41, 5.74) is 0. The van der Waals surface area contributed by atoms with E-state index in [9.17, 15) is 9.90 Å². The predicted molar refractivity (Wildman–Crippen MR) is 46.3 cm³/mol. The van der Waals surface area contributed by atoms with E-state index in [1.54, 1.807) is 0 Å². The first-order valence-electron chi connectivity index (χ1n) is 4.65. The second kappa shape index (κ2) is 3.90. The summed E-state index contributed by atoms with van der Waals surface area (Å²) in [6.45, 7) is 3.99. The number of aliphatic hydroxyl groups excluding tert-OH is 1. The van der Waals surface area contributed by atoms with Crippen molar-refractivity contribution in [3.63, 3.8) is 0 Å². The van der Waals surface area contributed by atoms with Gasteiger partial charge in [0.25, 0.3) is 0 Å². The van der Waals surface area contributed by atoms with E-state index in [-0.39, 0.29) is 17.7 Å². The van der Waals surface area contributed by atoms with Gasteiger partial charge in [-0.3, -0.25) is 4.79 Å². The van der Waals surface area contributed by atoms with Crippen LogP contribution >= 0.6 is 0 Å². The number of nitrogens with one attached hydrogen (secondary N) is 1. The number of unbranched alkanes of at least 4 members (excludes halogenated alkanes) is 1. The van der Waals surface area contributed by atoms with E-state index in [2.05, 4.69) is 12.2 Å². The van der Waals surface area contributed by atoms with Crippen molar-refractivity contribution >= 4 is 5.91 Å². The number of rotatable bonds is 3. The largest absolute Gasteiger partial charge is 0.373 e. The summed E-state index contributed by atoms with van der Waals surface area (Å²) in [5, 5.41) is 12.0. The van der Waals surface area contributed by atoms with Crippen LogP contribution in [0.4, 0.5) is 0 Å². The van der Waals surface area contributed by atoms with Crippen molar-refractivity contribution in [3.05, 3.63) is 0 Å². The Morgan fingerprint density at radius 1 is 1.58 bits per heavy atom. The minimum absolute atomic E-state index is 0.0106. The van der Waals surface area contributed by atoms with Gasteiger partial charge in [0.15, 0.2) is 0 Å². The maximum atomic E-state index is 11.1. The van der Waals surface area contributed by atoms with Crippen molar-refractivity contribution in [3.8, 4) is 0 Å². The van der Waals surface area contributed by atoms with Gasteiger partial charge in [0.2, 0.25) is 5.91 Å². The molecule has 0 spiro atoms. The van der Waals surface area contributed by atoms with E-state index >= 15 is 0 Å². The molecule has 1 amide bonds. The zero-order valence-electron chi connectivity index (χ0n) is 7.71. The highest BCUT2D eigenvalue weighted by molar-refractivity contribution is 5.81. The van der Waals surface area contributed by atoms with Crippen molar-refractivity contribution < 1.29 is 9.90 Å². The van der Waals surface area contributed by atoms with Crippen molar-refractivity contribution in [2.24, 2.45) is 11.8 Å². The number of carbonyl (C=O) groups is 1. The van der Waals surface area contributed by atoms with Gasteiger partial charge in [-0.05, 0) is 6.42 Å². The monoisotopic (exact) mass is 171 g/mol. The highest BCUT2D eigenvalue weighted by atomic mass is 16.3. The summed E-state index contributed by atoms with van der Waals surface area (Å²) >= 11 is 0. The molecule has 0 aromatic heterocycles. The molecule has 1 rings (SSSR count). The van der Waals surface area contributed by atoms with Gasteiger partial charge in [-0.25, -0.2) is 0 Å². The third kappa shape index (κ3) is 1.78. The quantitative estimate of drug-likeness (QED) is 0.662. The molecule has 1 aliphatic heterocycles. The number of hydrogen-bond acceptors (Lipinski definition) is 2. The molecule has 3 heteroatoms. The van der Waals surface area contributed by atoms with Crippen LogP contribution in [0.5, 0.6) is 0 Å². The minimum Gasteiger partial charge on any atom is -0.373 e. The fraction of sp³-hybridized carbons (Fsp3) is 0.889. The second-order valence-corrected chi connectivity index (χ2v) is 3.55. The van der Waals surface area contributed by atoms with Gasteiger partial charge in [0.1, 0.15) is 6.23 Å². The zero-order chi connectivity index (χ0) is 9.14. The Kier molecular flexibility index (Phi) is 3.09. The van der Waals surface area contributed by atoms with Gasteiger partial charge in [-0.2, -0.15) is 0 Å². The second-order valence-electron chi connectivity index (χ2n) is 3.55. The van der Waals surface area contributed by atoms with Gasteiger partial charge in [0, 0.05) is 11.8 Å². The van der Waals surface area contributed by atoms with Crippen LogP contribution in [0.25, 0.3) is 0 Å². The average Bonchev–Trinajstić information content (AvgIpc) is 2.25. The first kappa shape index (κ1) is 9.52. The van der Waals surface area contributed by atoms with Crippen molar-refractivity contribution in [2.45, 2.75) is 39.3 Å². The molecule has 2 N–H and O–H groups in total. The molecule has 1 fully saturated rings. The summed E-state index contributed by atoms with van der Waals surface area (Å²) in [7, 11) is 0. The van der Waals surface area contributed by atoms with E-state index in [4.69, 9.17) is 0 Å². The van der Waals surface area contributed by atoms with Crippen LogP contribution in [0.3, 0.4) is 0 Å². The molecule has 0 aliphatic carbocycles. The number of amides is 1. The van der Waals surface area contributed by atoms with E-state index in [1.165, 1.54) is 0 Å². The van der Waals surface area contributed by atoms with Gasteiger partial charge in [-0.15, -0.1) is 0 Å². The Morgan fingerprint density at radius 3 is 2.67 bits per heavy atom. The fourth-order valence-corrected chi connectivity index (χ4v) is 1.70. The predicted octanol–water partition coefficient (Wildman–Crippen LogP) is 0.877. The van der Waals surface area contributed by atoms with E-state index in [1.807, 2.05) is 6.92 Å². The molecular weight excluding hydrogens is 154 g/mol. The Hall–Kier alpha value is -0.570. The molecule has 0 saturated carbocycles. The smallest absolute Gasteiger partial charge is 0.225 e. The van der Waals surface area contributed by atoms with Crippen molar-refractivity contribution in [2.75, 3.05) is 0 Å². The lowest BCUT2D eigenvalue weighted by atomic mass is 9.91. The van der Waals surface area contributed by atoms with Crippen molar-refractivity contribution in [1.29, 1.82) is 0 Å². The molecule has 1 heterocycles. The molecule has 3 nitrogen and oxygen atoms in total. The van der Waals surface area contributed by atoms with Crippen LogP contribution in [-0.4, -0.2) is 17.2 Å². The first-order chi connectivity index (χ1) is 5.66. The summed E-state index contributed by atoms with van der Waals surface area (Å²) in [5.74, 6) is 0.0904. The van der Waals surface area contributed by atoms with Crippen LogP contribution in [0.2, 0.25) is 0 Å². The van der Waals surface area contributed by atoms with Gasteiger partial charge >= 0.3 is 0 Å². The summed E-state index contributed by atoms with van der Waals surface area (Å²) in [6.07, 6.45) is 2.53. The van der Waals surface area contributed by atoms with Crippen LogP contribution < -0.4 is 5.32 Å². The van der Waals surface area contributed by atoms with Gasteiger partial charge < -0.3 is 10.4 Å². The minimum atomic E-state index is -0.612. The van der Waals surface area contributed by atoms with Gasteiger partial charge in [-0.1, -0.05) is 26.7 Å². The average molecular weight is 171 g/mol. The summed E-state index contributed by atoms with van der Waals surface area (Å²) in [6, 6.07) is 0. The Morgan fingerprint density at radius 2 is 2.25 bits per heavy atom. The highest BCUT2D eigenvalue weighted by Gasteiger charge is 2.37. The lowest BCUT2D eigenvalue weighted by Crippen LogP contribution is -2.28. The zero-order valence-corrected chi connectivity index (χ0v) is 7.71. The van der Waals surface area contributed by atoms with Gasteiger partial charge in [0.05, 0.1) is 0 Å². The highest BCUT2D eigenvalue weighted by Crippen LogP contribution is 2.26. The molecule has 0 aromatic rings. The number of hydrogen-bond donors (Lipinski definition) is 2. The number of carbonyl (C=O) groups excluding carboxylic acids is 1. The lowest BCUT2D eigenvalue weighted by molar-refractivity contribution is -0.122. The number of aliphatic hydroxyl groups is 1. The molecular formula is C9H17NO2. The topological polar surface area (TPSA) is 49.3 Å². The first-order valence-corrected chi connectivity index (χ1v) is 4.65. The maximum Gasteiger partial charge on any atom is 0.225 e. The van der Waals surface area contributed by atoms with Crippen LogP contribution in [0, 0.1) is 11.8 Å². The molecule has 0 radical (unpaired) electrons. The SMILES string of the molecule is CCCCC1C(O)NC(=O)C1C. The summed E-state index contributed by atoms with van der Waals surface area (Å²) < 4.78 is 0. The fourth-order valence-electron chi connectivity index (χ4n) is 1.70. The normalized spacial score (nSPS) is 35.2. The Balaban J connectivity index is 2.45. The van der Waals surface area contributed by atoms with Crippen LogP contribution in [0.1, 0.15) is 33.1 Å². The third-order valence-corrected chi connectivity index (χ3v) is 2.64. The van der Waals surface area contributed by atoms with Crippen molar-refractivity contribution in [1.82, 2.24) is 5.32 Å². The molecule has 1 saturated heterocycles. The maximum absolute atomic E-state index is 11.1. The van der Waals surface area contributed by atoms with Crippen LogP contribution in [0.15, 0.2) is 0 Å². The standard InChI is InChI=1S/C9H17NO2/c1-3-4-5-7-6(2)8(11)10-9(7)12/h6-7,9,12H,3-5H2,1-2H3,(H,10,11). The molecule has 3 unspecified atom stereocenters. The molecule has 12 heavy (non-hydrogen) atoms.